The fourth-order valence-corrected chi connectivity index (χ4v) is 1.01. The van der Waals surface area contributed by atoms with Gasteiger partial charge >= 0.3 is 0 Å². The zero-order valence-corrected chi connectivity index (χ0v) is 9.85. The van der Waals surface area contributed by atoms with E-state index >= 15 is 0 Å². The maximum atomic E-state index is 10.7. The summed E-state index contributed by atoms with van der Waals surface area (Å²) in [5.74, 6) is 0.0544. The number of hydrogen-bond donors (Lipinski definition) is 1. The summed E-state index contributed by atoms with van der Waals surface area (Å²) in [4.78, 5) is 12.7. The molecule has 0 aliphatic rings. The van der Waals surface area contributed by atoms with Crippen molar-refractivity contribution in [3.8, 4) is 0 Å². The first-order chi connectivity index (χ1) is 6.06. The number of likely N-dealkylation sites (N-methyl/N-ethyl adjacent to an activating group) is 1. The number of carbonyl (C=O) groups is 1. The van der Waals surface area contributed by atoms with E-state index < -0.39 is 0 Å². The van der Waals surface area contributed by atoms with Crippen LogP contribution in [0.25, 0.3) is 0 Å². The van der Waals surface area contributed by atoms with Crippen LogP contribution in [-0.2, 0) is 4.79 Å². The molecule has 0 aromatic rings. The largest absolute Gasteiger partial charge is 0.352 e. The quantitative estimate of drug-likeness (QED) is 0.725. The summed E-state index contributed by atoms with van der Waals surface area (Å²) in [5.41, 5.74) is 0. The van der Waals surface area contributed by atoms with Gasteiger partial charge in [-0.05, 0) is 20.5 Å². The van der Waals surface area contributed by atoms with E-state index in [4.69, 9.17) is 0 Å². The minimum Gasteiger partial charge on any atom is -0.352 e. The molecule has 0 spiro atoms. The molecule has 0 rings (SSSR count). The lowest BCUT2D eigenvalue weighted by Crippen LogP contribution is -2.40. The van der Waals surface area contributed by atoms with E-state index in [1.807, 2.05) is 27.9 Å². The molecular formula is C10H24N2O. The van der Waals surface area contributed by atoms with Gasteiger partial charge in [0, 0.05) is 19.5 Å². The Labute approximate surface area is 82.5 Å². The van der Waals surface area contributed by atoms with E-state index in [9.17, 15) is 4.79 Å². The summed E-state index contributed by atoms with van der Waals surface area (Å²) in [7, 11) is 4.01. The van der Waals surface area contributed by atoms with Gasteiger partial charge in [-0.2, -0.15) is 0 Å². The van der Waals surface area contributed by atoms with Crippen molar-refractivity contribution in [3.05, 3.63) is 0 Å². The van der Waals surface area contributed by atoms with Gasteiger partial charge in [-0.1, -0.05) is 20.8 Å². The number of nitrogens with one attached hydrogen (secondary N) is 1. The van der Waals surface area contributed by atoms with Gasteiger partial charge in [0.1, 0.15) is 0 Å². The number of hydrogen-bond acceptors (Lipinski definition) is 2. The number of amides is 1. The van der Waals surface area contributed by atoms with Crippen molar-refractivity contribution in [2.75, 3.05) is 20.6 Å². The first-order valence-electron chi connectivity index (χ1n) is 4.98. The van der Waals surface area contributed by atoms with Crippen molar-refractivity contribution < 1.29 is 4.79 Å². The number of nitrogens with zero attached hydrogens (tertiary/aromatic N) is 1. The van der Waals surface area contributed by atoms with Crippen LogP contribution in [0, 0.1) is 0 Å². The molecule has 3 nitrogen and oxygen atoms in total. The van der Waals surface area contributed by atoms with Gasteiger partial charge in [0.05, 0.1) is 0 Å². The Morgan fingerprint density at radius 2 is 1.85 bits per heavy atom. The summed E-state index contributed by atoms with van der Waals surface area (Å²) in [6.45, 7) is 8.54. The first-order valence-corrected chi connectivity index (χ1v) is 4.98. The Morgan fingerprint density at radius 3 is 2.08 bits per heavy atom. The Balaban J connectivity index is 0. The van der Waals surface area contributed by atoms with Gasteiger partial charge < -0.3 is 10.2 Å². The highest BCUT2D eigenvalue weighted by molar-refractivity contribution is 5.73. The number of carbonyl (C=O) groups excluding carboxylic acids is 1. The van der Waals surface area contributed by atoms with Crippen LogP contribution in [0.15, 0.2) is 0 Å². The fourth-order valence-electron chi connectivity index (χ4n) is 1.01. The van der Waals surface area contributed by atoms with Crippen molar-refractivity contribution in [2.45, 2.75) is 40.2 Å². The summed E-state index contributed by atoms with van der Waals surface area (Å²) >= 11 is 0. The predicted octanol–water partition coefficient (Wildman–Crippen LogP) is 1.49. The van der Waals surface area contributed by atoms with Crippen molar-refractivity contribution >= 4 is 5.91 Å². The molecule has 0 aromatic carbocycles. The molecule has 0 aliphatic heterocycles. The fraction of sp³-hybridized carbons (Fsp3) is 0.900. The van der Waals surface area contributed by atoms with Gasteiger partial charge in [0.15, 0.2) is 0 Å². The Bertz CT molecular complexity index is 124. The van der Waals surface area contributed by atoms with Gasteiger partial charge in [0.2, 0.25) is 5.91 Å². The summed E-state index contributed by atoms with van der Waals surface area (Å²) < 4.78 is 0. The van der Waals surface area contributed by atoms with E-state index in [1.54, 1.807) is 6.92 Å². The van der Waals surface area contributed by atoms with Crippen molar-refractivity contribution in [1.29, 1.82) is 0 Å². The summed E-state index contributed by atoms with van der Waals surface area (Å²) in [6.07, 6.45) is 0.984. The molecule has 0 heterocycles. The van der Waals surface area contributed by atoms with Crippen LogP contribution in [0.5, 0.6) is 0 Å². The van der Waals surface area contributed by atoms with Gasteiger partial charge in [-0.25, -0.2) is 0 Å². The maximum absolute atomic E-state index is 10.7. The third-order valence-electron chi connectivity index (χ3n) is 1.49. The molecule has 0 aliphatic carbocycles. The van der Waals surface area contributed by atoms with Crippen molar-refractivity contribution in [2.24, 2.45) is 0 Å². The second kappa shape index (κ2) is 9.52. The highest BCUT2D eigenvalue weighted by Crippen LogP contribution is 1.91. The van der Waals surface area contributed by atoms with Crippen molar-refractivity contribution in [1.82, 2.24) is 10.2 Å². The minimum atomic E-state index is 0.0544. The van der Waals surface area contributed by atoms with Crippen LogP contribution in [0.4, 0.5) is 0 Å². The van der Waals surface area contributed by atoms with E-state index in [2.05, 4.69) is 17.1 Å². The molecule has 0 radical (unpaired) electrons. The van der Waals surface area contributed by atoms with Crippen LogP contribution in [0.1, 0.15) is 34.1 Å². The maximum Gasteiger partial charge on any atom is 0.217 e. The highest BCUT2D eigenvalue weighted by Gasteiger charge is 2.07. The van der Waals surface area contributed by atoms with Crippen LogP contribution in [0.2, 0.25) is 0 Å². The van der Waals surface area contributed by atoms with E-state index in [0.717, 1.165) is 13.0 Å². The normalized spacial score (nSPS) is 11.6. The molecule has 0 aromatic heterocycles. The molecule has 1 atom stereocenters. The third-order valence-corrected chi connectivity index (χ3v) is 1.49. The predicted molar refractivity (Wildman–Crippen MR) is 57.8 cm³/mol. The second-order valence-corrected chi connectivity index (χ2v) is 3.07. The van der Waals surface area contributed by atoms with Crippen molar-refractivity contribution in [3.63, 3.8) is 0 Å². The lowest BCUT2D eigenvalue weighted by molar-refractivity contribution is -0.119. The molecule has 1 N–H and O–H groups in total. The minimum absolute atomic E-state index is 0.0544. The lowest BCUT2D eigenvalue weighted by Gasteiger charge is -2.19. The Hall–Kier alpha value is -0.570. The molecule has 1 unspecified atom stereocenters. The smallest absolute Gasteiger partial charge is 0.217 e. The van der Waals surface area contributed by atoms with E-state index in [1.165, 1.54) is 0 Å². The molecule has 0 saturated carbocycles. The molecule has 0 fully saturated rings. The van der Waals surface area contributed by atoms with Gasteiger partial charge in [0.25, 0.3) is 0 Å². The molecule has 0 saturated heterocycles. The van der Waals surface area contributed by atoms with Gasteiger partial charge in [-0.15, -0.1) is 0 Å². The Kier molecular flexibility index (Phi) is 10.9. The van der Waals surface area contributed by atoms with Crippen LogP contribution < -0.4 is 5.32 Å². The molecule has 1 amide bonds. The van der Waals surface area contributed by atoms with Crippen LogP contribution >= 0.6 is 0 Å². The standard InChI is InChI=1S/C8H18N2O.C2H6/c1-5-8(6-10(3)4)9-7(2)11;1-2/h8H,5-6H2,1-4H3,(H,9,11);1-2H3. The third kappa shape index (κ3) is 11.4. The summed E-state index contributed by atoms with van der Waals surface area (Å²) in [5, 5.41) is 2.88. The molecule has 13 heavy (non-hydrogen) atoms. The van der Waals surface area contributed by atoms with Crippen LogP contribution in [-0.4, -0.2) is 37.5 Å². The highest BCUT2D eigenvalue weighted by atomic mass is 16.1. The zero-order chi connectivity index (χ0) is 10.9. The molecule has 80 valence electrons. The molecular weight excluding hydrogens is 164 g/mol. The van der Waals surface area contributed by atoms with E-state index in [0.29, 0.717) is 6.04 Å². The lowest BCUT2D eigenvalue weighted by atomic mass is 10.2. The average molecular weight is 188 g/mol. The number of rotatable bonds is 4. The second-order valence-electron chi connectivity index (χ2n) is 3.07. The SMILES string of the molecule is CC.CCC(CN(C)C)NC(C)=O. The average Bonchev–Trinajstić information content (AvgIpc) is 2.05. The molecule has 3 heteroatoms. The van der Waals surface area contributed by atoms with E-state index in [-0.39, 0.29) is 5.91 Å². The zero-order valence-electron chi connectivity index (χ0n) is 9.85. The monoisotopic (exact) mass is 188 g/mol. The van der Waals surface area contributed by atoms with Gasteiger partial charge in [-0.3, -0.25) is 4.79 Å². The van der Waals surface area contributed by atoms with Crippen LogP contribution in [0.3, 0.4) is 0 Å². The topological polar surface area (TPSA) is 32.3 Å². The molecule has 0 bridgehead atoms. The Morgan fingerprint density at radius 1 is 1.38 bits per heavy atom. The summed E-state index contributed by atoms with van der Waals surface area (Å²) in [6, 6.07) is 0.294. The first kappa shape index (κ1) is 14.9.